The number of thiocarbonyl (C=S) groups is 1. The molecule has 2 rings (SSSR count). The molecule has 0 radical (unpaired) electrons. The molecule has 0 unspecified atom stereocenters. The Labute approximate surface area is 98.5 Å². The first-order chi connectivity index (χ1) is 7.75. The second-order valence-electron chi connectivity index (χ2n) is 3.21. The van der Waals surface area contributed by atoms with Gasteiger partial charge in [0.1, 0.15) is 11.6 Å². The highest BCUT2D eigenvalue weighted by Gasteiger charge is 2.02. The maximum Gasteiger partial charge on any atom is 0.198 e. The number of hydrogen-bond donors (Lipinski definition) is 0. The van der Waals surface area contributed by atoms with Gasteiger partial charge in [-0.1, -0.05) is 30.3 Å². The number of halogens is 1. The van der Waals surface area contributed by atoms with Crippen molar-refractivity contribution in [1.82, 2.24) is 0 Å². The van der Waals surface area contributed by atoms with Gasteiger partial charge in [0.2, 0.25) is 0 Å². The molecule has 0 amide bonds. The highest BCUT2D eigenvalue weighted by Crippen LogP contribution is 2.13. The van der Waals surface area contributed by atoms with E-state index in [1.807, 2.05) is 30.3 Å². The molecular formula is C13H9FOS. The first-order valence-electron chi connectivity index (χ1n) is 4.78. The predicted octanol–water partition coefficient (Wildman–Crippen LogP) is 3.58. The third-order valence-corrected chi connectivity index (χ3v) is 2.35. The maximum absolute atomic E-state index is 12.7. The molecule has 0 saturated heterocycles. The summed E-state index contributed by atoms with van der Waals surface area (Å²) in [5, 5.41) is 0.382. The summed E-state index contributed by atoms with van der Waals surface area (Å²) in [5.41, 5.74) is 0.835. The Morgan fingerprint density at radius 2 is 1.56 bits per heavy atom. The minimum absolute atomic E-state index is 0.294. The third-order valence-electron chi connectivity index (χ3n) is 2.03. The van der Waals surface area contributed by atoms with Gasteiger partial charge in [-0.3, -0.25) is 0 Å². The molecule has 0 saturated carbocycles. The van der Waals surface area contributed by atoms with E-state index in [2.05, 4.69) is 0 Å². The van der Waals surface area contributed by atoms with Crippen LogP contribution in [0.1, 0.15) is 5.56 Å². The summed E-state index contributed by atoms with van der Waals surface area (Å²) in [6.45, 7) is 0. The molecule has 0 atom stereocenters. The van der Waals surface area contributed by atoms with Gasteiger partial charge in [0, 0.05) is 5.56 Å². The van der Waals surface area contributed by atoms with Crippen molar-refractivity contribution in [2.24, 2.45) is 0 Å². The Morgan fingerprint density at radius 1 is 0.938 bits per heavy atom. The van der Waals surface area contributed by atoms with Gasteiger partial charge in [-0.15, -0.1) is 0 Å². The molecule has 3 heteroatoms. The van der Waals surface area contributed by atoms with Gasteiger partial charge < -0.3 is 4.74 Å². The van der Waals surface area contributed by atoms with E-state index in [4.69, 9.17) is 17.0 Å². The fourth-order valence-corrected chi connectivity index (χ4v) is 1.48. The number of benzene rings is 2. The van der Waals surface area contributed by atoms with E-state index in [1.165, 1.54) is 12.1 Å². The predicted molar refractivity (Wildman–Crippen MR) is 65.2 cm³/mol. The van der Waals surface area contributed by atoms with Crippen molar-refractivity contribution in [3.63, 3.8) is 0 Å². The van der Waals surface area contributed by atoms with E-state index in [0.29, 0.717) is 10.8 Å². The SMILES string of the molecule is Fc1ccc(OC(=S)c2ccccc2)cc1. The van der Waals surface area contributed by atoms with Crippen LogP contribution in [0.25, 0.3) is 0 Å². The highest BCUT2D eigenvalue weighted by atomic mass is 32.1. The lowest BCUT2D eigenvalue weighted by Gasteiger charge is -2.06. The Morgan fingerprint density at radius 3 is 2.19 bits per heavy atom. The second-order valence-corrected chi connectivity index (χ2v) is 3.58. The van der Waals surface area contributed by atoms with Crippen molar-refractivity contribution in [2.75, 3.05) is 0 Å². The lowest BCUT2D eigenvalue weighted by Crippen LogP contribution is -2.06. The molecule has 1 nitrogen and oxygen atoms in total. The molecular weight excluding hydrogens is 223 g/mol. The van der Waals surface area contributed by atoms with E-state index < -0.39 is 0 Å². The van der Waals surface area contributed by atoms with Crippen LogP contribution >= 0.6 is 12.2 Å². The van der Waals surface area contributed by atoms with Crippen molar-refractivity contribution >= 4 is 17.3 Å². The van der Waals surface area contributed by atoms with Gasteiger partial charge in [0.15, 0.2) is 5.05 Å². The molecule has 2 aromatic carbocycles. The van der Waals surface area contributed by atoms with Gasteiger partial charge in [-0.05, 0) is 36.5 Å². The summed E-state index contributed by atoms with van der Waals surface area (Å²) in [6, 6.07) is 15.2. The molecule has 0 fully saturated rings. The van der Waals surface area contributed by atoms with E-state index in [-0.39, 0.29) is 5.82 Å². The van der Waals surface area contributed by atoms with Gasteiger partial charge >= 0.3 is 0 Å². The quantitative estimate of drug-likeness (QED) is 0.732. The molecule has 0 N–H and O–H groups in total. The first kappa shape index (κ1) is 10.8. The molecule has 0 bridgehead atoms. The summed E-state index contributed by atoms with van der Waals surface area (Å²) in [7, 11) is 0. The van der Waals surface area contributed by atoms with Crippen LogP contribution in [-0.2, 0) is 0 Å². The summed E-state index contributed by atoms with van der Waals surface area (Å²) in [4.78, 5) is 0. The topological polar surface area (TPSA) is 9.23 Å². The van der Waals surface area contributed by atoms with E-state index in [9.17, 15) is 4.39 Å². The largest absolute Gasteiger partial charge is 0.445 e. The summed E-state index contributed by atoms with van der Waals surface area (Å²) >= 11 is 5.12. The van der Waals surface area contributed by atoms with Crippen LogP contribution < -0.4 is 4.74 Å². The molecule has 0 aliphatic rings. The Bertz CT molecular complexity index is 479. The number of ether oxygens (including phenoxy) is 1. The van der Waals surface area contributed by atoms with Gasteiger partial charge in [-0.2, -0.15) is 0 Å². The smallest absolute Gasteiger partial charge is 0.198 e. The molecule has 0 aliphatic carbocycles. The van der Waals surface area contributed by atoms with Gasteiger partial charge in [-0.25, -0.2) is 4.39 Å². The average Bonchev–Trinajstić information content (AvgIpc) is 2.33. The van der Waals surface area contributed by atoms with E-state index >= 15 is 0 Å². The maximum atomic E-state index is 12.7. The lowest BCUT2D eigenvalue weighted by molar-refractivity contribution is 0.560. The summed E-state index contributed by atoms with van der Waals surface area (Å²) in [6.07, 6.45) is 0. The number of hydrogen-bond acceptors (Lipinski definition) is 2. The van der Waals surface area contributed by atoms with Gasteiger partial charge in [0.25, 0.3) is 0 Å². The first-order valence-corrected chi connectivity index (χ1v) is 5.19. The van der Waals surface area contributed by atoms with Crippen LogP contribution in [0.4, 0.5) is 4.39 Å². The summed E-state index contributed by atoms with van der Waals surface area (Å²) in [5.74, 6) is 0.244. The molecule has 0 spiro atoms. The molecule has 0 aromatic heterocycles. The minimum Gasteiger partial charge on any atom is -0.445 e. The van der Waals surface area contributed by atoms with Crippen LogP contribution in [-0.4, -0.2) is 5.05 Å². The zero-order chi connectivity index (χ0) is 11.4. The van der Waals surface area contributed by atoms with E-state index in [1.54, 1.807) is 12.1 Å². The molecule has 2 aromatic rings. The lowest BCUT2D eigenvalue weighted by atomic mass is 10.2. The highest BCUT2D eigenvalue weighted by molar-refractivity contribution is 7.80. The molecule has 0 aliphatic heterocycles. The zero-order valence-electron chi connectivity index (χ0n) is 8.39. The van der Waals surface area contributed by atoms with Crippen LogP contribution in [0.5, 0.6) is 5.75 Å². The van der Waals surface area contributed by atoms with Crippen molar-refractivity contribution < 1.29 is 9.13 Å². The summed E-state index contributed by atoms with van der Waals surface area (Å²) < 4.78 is 18.1. The van der Waals surface area contributed by atoms with Crippen molar-refractivity contribution in [2.45, 2.75) is 0 Å². The molecule has 80 valence electrons. The molecule has 16 heavy (non-hydrogen) atoms. The van der Waals surface area contributed by atoms with Crippen molar-refractivity contribution in [1.29, 1.82) is 0 Å². The monoisotopic (exact) mass is 232 g/mol. The normalized spacial score (nSPS) is 9.81. The van der Waals surface area contributed by atoms with Crippen molar-refractivity contribution in [3.8, 4) is 5.75 Å². The standard InChI is InChI=1S/C13H9FOS/c14-11-6-8-12(9-7-11)15-13(16)10-4-2-1-3-5-10/h1-9H. The van der Waals surface area contributed by atoms with Crippen molar-refractivity contribution in [3.05, 3.63) is 66.0 Å². The second kappa shape index (κ2) is 4.86. The third kappa shape index (κ3) is 2.64. The average molecular weight is 232 g/mol. The van der Waals surface area contributed by atoms with Crippen LogP contribution in [0, 0.1) is 5.82 Å². The number of rotatable bonds is 2. The Balaban J connectivity index is 2.11. The van der Waals surface area contributed by atoms with Crippen LogP contribution in [0.2, 0.25) is 0 Å². The molecule has 0 heterocycles. The zero-order valence-corrected chi connectivity index (χ0v) is 9.21. The Kier molecular flexibility index (Phi) is 3.27. The van der Waals surface area contributed by atoms with Gasteiger partial charge in [0.05, 0.1) is 0 Å². The van der Waals surface area contributed by atoms with Crippen LogP contribution in [0.15, 0.2) is 54.6 Å². The minimum atomic E-state index is -0.294. The fourth-order valence-electron chi connectivity index (χ4n) is 1.24. The van der Waals surface area contributed by atoms with E-state index in [0.717, 1.165) is 5.56 Å². The fraction of sp³-hybridized carbons (Fsp3) is 0. The Hall–Kier alpha value is -1.74. The van der Waals surface area contributed by atoms with Crippen LogP contribution in [0.3, 0.4) is 0 Å².